The van der Waals surface area contributed by atoms with Crippen LogP contribution in [0.3, 0.4) is 0 Å². The largest absolute Gasteiger partial charge is 0.465 e. The van der Waals surface area contributed by atoms with Crippen LogP contribution in [0.15, 0.2) is 48.5 Å². The number of halogens is 1. The quantitative estimate of drug-likeness (QED) is 0.605. The summed E-state index contributed by atoms with van der Waals surface area (Å²) in [6.07, 6.45) is 1.82. The Labute approximate surface area is 172 Å². The SMILES string of the molecule is COC(=O)c1c(NC(=O)Cc2ccc(Cl)cc2)sc2c1CCc1ccccc1-2. The van der Waals surface area contributed by atoms with Gasteiger partial charge in [0.05, 0.1) is 19.1 Å². The van der Waals surface area contributed by atoms with E-state index >= 15 is 0 Å². The number of hydrogen-bond donors (Lipinski definition) is 1. The van der Waals surface area contributed by atoms with E-state index in [2.05, 4.69) is 17.4 Å². The van der Waals surface area contributed by atoms with E-state index in [0.717, 1.165) is 34.4 Å². The molecule has 0 spiro atoms. The number of fused-ring (bicyclic) bond motifs is 3. The number of carbonyl (C=O) groups excluding carboxylic acids is 2. The Kier molecular flexibility index (Phi) is 5.20. The summed E-state index contributed by atoms with van der Waals surface area (Å²) < 4.78 is 5.00. The zero-order valence-electron chi connectivity index (χ0n) is 15.3. The lowest BCUT2D eigenvalue weighted by molar-refractivity contribution is -0.115. The molecule has 4 rings (SSSR count). The van der Waals surface area contributed by atoms with E-state index in [9.17, 15) is 9.59 Å². The molecule has 1 aliphatic carbocycles. The standard InChI is InChI=1S/C22H18ClNO3S/c1-27-22(26)19-17-11-8-14-4-2-3-5-16(14)20(17)28-21(19)24-18(25)12-13-6-9-15(23)10-7-13/h2-7,9-10H,8,11-12H2,1H3,(H,24,25). The van der Waals surface area contributed by atoms with Crippen LogP contribution in [-0.4, -0.2) is 19.0 Å². The van der Waals surface area contributed by atoms with Crippen molar-refractivity contribution in [2.75, 3.05) is 12.4 Å². The lowest BCUT2D eigenvalue weighted by Gasteiger charge is -2.16. The Hall–Kier alpha value is -2.63. The first-order valence-corrected chi connectivity index (χ1v) is 10.1. The van der Waals surface area contributed by atoms with Crippen molar-refractivity contribution in [3.63, 3.8) is 0 Å². The van der Waals surface area contributed by atoms with E-state index < -0.39 is 5.97 Å². The highest BCUT2D eigenvalue weighted by Gasteiger charge is 2.29. The zero-order valence-corrected chi connectivity index (χ0v) is 16.8. The van der Waals surface area contributed by atoms with Crippen molar-refractivity contribution in [2.45, 2.75) is 19.3 Å². The van der Waals surface area contributed by atoms with Gasteiger partial charge in [0.25, 0.3) is 0 Å². The second-order valence-electron chi connectivity index (χ2n) is 6.61. The van der Waals surface area contributed by atoms with Crippen LogP contribution in [0.4, 0.5) is 5.00 Å². The predicted octanol–water partition coefficient (Wildman–Crippen LogP) is 5.13. The van der Waals surface area contributed by atoms with Gasteiger partial charge in [0, 0.05) is 9.90 Å². The molecule has 1 N–H and O–H groups in total. The smallest absolute Gasteiger partial charge is 0.341 e. The van der Waals surface area contributed by atoms with Crippen molar-refractivity contribution >= 4 is 39.8 Å². The maximum Gasteiger partial charge on any atom is 0.341 e. The summed E-state index contributed by atoms with van der Waals surface area (Å²) in [5.74, 6) is -0.599. The van der Waals surface area contributed by atoms with E-state index in [-0.39, 0.29) is 12.3 Å². The van der Waals surface area contributed by atoms with Gasteiger partial charge in [-0.2, -0.15) is 0 Å². The average molecular weight is 412 g/mol. The highest BCUT2D eigenvalue weighted by Crippen LogP contribution is 2.45. The van der Waals surface area contributed by atoms with Gasteiger partial charge in [-0.15, -0.1) is 11.3 Å². The van der Waals surface area contributed by atoms with Gasteiger partial charge in [-0.3, -0.25) is 4.79 Å². The number of aryl methyl sites for hydroxylation is 1. The number of amides is 1. The molecule has 1 aliphatic rings. The van der Waals surface area contributed by atoms with Gasteiger partial charge in [-0.1, -0.05) is 48.0 Å². The lowest BCUT2D eigenvalue weighted by atomic mass is 9.89. The molecule has 0 unspecified atom stereocenters. The summed E-state index contributed by atoms with van der Waals surface area (Å²) in [6, 6.07) is 15.3. The highest BCUT2D eigenvalue weighted by molar-refractivity contribution is 7.20. The Morgan fingerprint density at radius 2 is 1.86 bits per heavy atom. The number of ether oxygens (including phenoxy) is 1. The first kappa shape index (κ1) is 18.7. The highest BCUT2D eigenvalue weighted by atomic mass is 35.5. The van der Waals surface area contributed by atoms with Crippen LogP contribution in [0.1, 0.15) is 27.0 Å². The van der Waals surface area contributed by atoms with Crippen LogP contribution < -0.4 is 5.32 Å². The van der Waals surface area contributed by atoms with Gasteiger partial charge in [0.1, 0.15) is 5.00 Å². The topological polar surface area (TPSA) is 55.4 Å². The number of nitrogens with one attached hydrogen (secondary N) is 1. The maximum absolute atomic E-state index is 12.6. The summed E-state index contributed by atoms with van der Waals surface area (Å²) >= 11 is 7.33. The van der Waals surface area contributed by atoms with Gasteiger partial charge in [0.2, 0.25) is 5.91 Å². The van der Waals surface area contributed by atoms with E-state index in [4.69, 9.17) is 16.3 Å². The zero-order chi connectivity index (χ0) is 19.7. The summed E-state index contributed by atoms with van der Waals surface area (Å²) in [5, 5.41) is 4.10. The van der Waals surface area contributed by atoms with Crippen molar-refractivity contribution in [3.8, 4) is 10.4 Å². The van der Waals surface area contributed by atoms with Gasteiger partial charge >= 0.3 is 5.97 Å². The number of rotatable bonds is 4. The van der Waals surface area contributed by atoms with Crippen LogP contribution in [0, 0.1) is 0 Å². The molecule has 0 aliphatic heterocycles. The molecule has 1 aromatic heterocycles. The molecule has 1 amide bonds. The minimum Gasteiger partial charge on any atom is -0.465 e. The minimum absolute atomic E-state index is 0.181. The van der Waals surface area contributed by atoms with E-state index in [1.54, 1.807) is 12.1 Å². The van der Waals surface area contributed by atoms with Gasteiger partial charge in [0.15, 0.2) is 0 Å². The summed E-state index contributed by atoms with van der Waals surface area (Å²) in [6.45, 7) is 0. The second-order valence-corrected chi connectivity index (χ2v) is 8.07. The van der Waals surface area contributed by atoms with Crippen molar-refractivity contribution in [3.05, 3.63) is 75.8 Å². The molecule has 0 fully saturated rings. The number of anilines is 1. The third kappa shape index (κ3) is 3.55. The molecular weight excluding hydrogens is 394 g/mol. The fraction of sp³-hybridized carbons (Fsp3) is 0.182. The fourth-order valence-corrected chi connectivity index (χ4v) is 4.95. The molecule has 28 heavy (non-hydrogen) atoms. The first-order chi connectivity index (χ1) is 13.6. The Balaban J connectivity index is 1.67. The maximum atomic E-state index is 12.6. The molecular formula is C22H18ClNO3S. The number of esters is 1. The van der Waals surface area contributed by atoms with Crippen LogP contribution in [0.5, 0.6) is 0 Å². The molecule has 0 bridgehead atoms. The summed E-state index contributed by atoms with van der Waals surface area (Å²) in [7, 11) is 1.36. The number of methoxy groups -OCH3 is 1. The first-order valence-electron chi connectivity index (χ1n) is 8.93. The molecule has 142 valence electrons. The van der Waals surface area contributed by atoms with E-state index in [1.165, 1.54) is 24.0 Å². The molecule has 0 saturated heterocycles. The second kappa shape index (κ2) is 7.78. The molecule has 0 atom stereocenters. The molecule has 2 aromatic carbocycles. The molecule has 3 aromatic rings. The lowest BCUT2D eigenvalue weighted by Crippen LogP contribution is -2.16. The van der Waals surface area contributed by atoms with Crippen LogP contribution in [-0.2, 0) is 28.8 Å². The molecule has 0 saturated carbocycles. The molecule has 4 nitrogen and oxygen atoms in total. The molecule has 1 heterocycles. The Morgan fingerprint density at radius 1 is 1.11 bits per heavy atom. The van der Waals surface area contributed by atoms with Crippen LogP contribution in [0.2, 0.25) is 5.02 Å². The van der Waals surface area contributed by atoms with E-state index in [1.807, 2.05) is 24.3 Å². The summed E-state index contributed by atoms with van der Waals surface area (Å²) in [5.41, 5.74) is 4.66. The minimum atomic E-state index is -0.418. The Morgan fingerprint density at radius 3 is 2.61 bits per heavy atom. The monoisotopic (exact) mass is 411 g/mol. The predicted molar refractivity (Wildman–Crippen MR) is 112 cm³/mol. The molecule has 6 heteroatoms. The van der Waals surface area contributed by atoms with Crippen molar-refractivity contribution in [1.29, 1.82) is 0 Å². The Bertz CT molecular complexity index is 1060. The molecule has 0 radical (unpaired) electrons. The van der Waals surface area contributed by atoms with Crippen molar-refractivity contribution < 1.29 is 14.3 Å². The van der Waals surface area contributed by atoms with E-state index in [0.29, 0.717) is 15.6 Å². The third-order valence-electron chi connectivity index (χ3n) is 4.83. The normalized spacial score (nSPS) is 12.1. The number of benzene rings is 2. The average Bonchev–Trinajstić information content (AvgIpc) is 3.07. The van der Waals surface area contributed by atoms with Crippen LogP contribution >= 0.6 is 22.9 Å². The van der Waals surface area contributed by atoms with Crippen LogP contribution in [0.25, 0.3) is 10.4 Å². The summed E-state index contributed by atoms with van der Waals surface area (Å²) in [4.78, 5) is 26.1. The third-order valence-corrected chi connectivity index (χ3v) is 6.27. The number of carbonyl (C=O) groups is 2. The number of hydrogen-bond acceptors (Lipinski definition) is 4. The number of thiophene rings is 1. The van der Waals surface area contributed by atoms with Crippen molar-refractivity contribution in [2.24, 2.45) is 0 Å². The van der Waals surface area contributed by atoms with Gasteiger partial charge in [-0.25, -0.2) is 4.79 Å². The van der Waals surface area contributed by atoms with Gasteiger partial charge in [-0.05, 0) is 47.2 Å². The van der Waals surface area contributed by atoms with Gasteiger partial charge < -0.3 is 10.1 Å². The van der Waals surface area contributed by atoms with Crippen molar-refractivity contribution in [1.82, 2.24) is 0 Å². The fourth-order valence-electron chi connectivity index (χ4n) is 3.51.